The number of benzene rings is 1. The summed E-state index contributed by atoms with van der Waals surface area (Å²) < 4.78 is 39.7. The average molecular weight is 394 g/mol. The molecule has 0 aliphatic rings. The number of methoxy groups -OCH3 is 1. The number of aryl methyl sites for hydroxylation is 1. The first-order valence-electron chi connectivity index (χ1n) is 7.85. The number of aromatic nitrogens is 1. The smallest absolute Gasteiger partial charge is 0.387 e. The Morgan fingerprint density at radius 2 is 2.15 bits per heavy atom. The van der Waals surface area contributed by atoms with Crippen LogP contribution in [0.4, 0.5) is 8.78 Å². The van der Waals surface area contributed by atoms with Gasteiger partial charge in [-0.05, 0) is 36.6 Å². The third-order valence-corrected chi connectivity index (χ3v) is 4.36. The van der Waals surface area contributed by atoms with Crippen molar-refractivity contribution in [3.05, 3.63) is 52.7 Å². The van der Waals surface area contributed by atoms with Crippen LogP contribution < -0.4 is 9.47 Å². The van der Waals surface area contributed by atoms with Crippen molar-refractivity contribution < 1.29 is 27.5 Å². The van der Waals surface area contributed by atoms with Gasteiger partial charge in [0, 0.05) is 5.56 Å². The van der Waals surface area contributed by atoms with E-state index < -0.39 is 6.61 Å². The molecule has 3 rings (SSSR count). The van der Waals surface area contributed by atoms with Gasteiger partial charge >= 0.3 is 6.61 Å². The Hall–Kier alpha value is -2.94. The van der Waals surface area contributed by atoms with Crippen molar-refractivity contribution in [2.75, 3.05) is 7.11 Å². The highest BCUT2D eigenvalue weighted by Crippen LogP contribution is 2.29. The molecule has 0 saturated carbocycles. The molecule has 0 N–H and O–H groups in total. The highest BCUT2D eigenvalue weighted by Gasteiger charge is 2.13. The molecule has 0 radical (unpaired) electrons. The molecule has 0 aliphatic heterocycles. The first-order valence-corrected chi connectivity index (χ1v) is 8.73. The summed E-state index contributed by atoms with van der Waals surface area (Å²) in [5.41, 5.74) is 1.25. The summed E-state index contributed by atoms with van der Waals surface area (Å²) in [7, 11) is 1.36. The van der Waals surface area contributed by atoms with Crippen molar-refractivity contribution in [3.63, 3.8) is 0 Å². The van der Waals surface area contributed by atoms with E-state index in [1.54, 1.807) is 13.0 Å². The van der Waals surface area contributed by atoms with E-state index in [0.29, 0.717) is 22.9 Å². The average Bonchev–Trinajstić information content (AvgIpc) is 3.29. The fourth-order valence-corrected chi connectivity index (χ4v) is 2.87. The summed E-state index contributed by atoms with van der Waals surface area (Å²) in [6.45, 7) is -0.980. The van der Waals surface area contributed by atoms with Crippen molar-refractivity contribution in [1.82, 2.24) is 4.98 Å². The molecule has 3 aromatic rings. The highest BCUT2D eigenvalue weighted by atomic mass is 32.1. The lowest BCUT2D eigenvalue weighted by atomic mass is 10.2. The van der Waals surface area contributed by atoms with Crippen molar-refractivity contribution in [3.8, 4) is 22.3 Å². The molecule has 0 fully saturated rings. The van der Waals surface area contributed by atoms with Crippen molar-refractivity contribution >= 4 is 17.6 Å². The number of halogens is 2. The van der Waals surface area contributed by atoms with Crippen molar-refractivity contribution in [2.24, 2.45) is 5.16 Å². The van der Waals surface area contributed by atoms with Gasteiger partial charge in [0.25, 0.3) is 0 Å². The molecule has 0 atom stereocenters. The zero-order valence-electron chi connectivity index (χ0n) is 14.5. The highest BCUT2D eigenvalue weighted by molar-refractivity contribution is 7.13. The second-order valence-corrected chi connectivity index (χ2v) is 6.24. The standard InChI is InChI=1S/C18H16F2N2O4S/c1-11-13(22-17(25-11)16-4-3-7-27-16)10-24-21-9-12-5-6-14(26-18(19)20)15(8-12)23-2/h3-9,18H,10H2,1-2H3/b21-9+. The number of rotatable bonds is 8. The Kier molecular flexibility index (Phi) is 6.02. The Balaban J connectivity index is 1.61. The molecule has 0 aliphatic carbocycles. The van der Waals surface area contributed by atoms with Crippen molar-refractivity contribution in [1.29, 1.82) is 0 Å². The Bertz CT molecular complexity index is 910. The van der Waals surface area contributed by atoms with Crippen LogP contribution in [0.15, 0.2) is 45.3 Å². The maximum atomic E-state index is 12.3. The maximum Gasteiger partial charge on any atom is 0.387 e. The Morgan fingerprint density at radius 1 is 1.30 bits per heavy atom. The molecule has 0 spiro atoms. The van der Waals surface area contributed by atoms with Gasteiger partial charge in [0.2, 0.25) is 5.89 Å². The monoisotopic (exact) mass is 394 g/mol. The van der Waals surface area contributed by atoms with Crippen LogP contribution in [0.1, 0.15) is 17.0 Å². The van der Waals surface area contributed by atoms with Gasteiger partial charge in [-0.2, -0.15) is 8.78 Å². The van der Waals surface area contributed by atoms with Gasteiger partial charge in [-0.1, -0.05) is 11.2 Å². The van der Waals surface area contributed by atoms with Crippen LogP contribution in [0, 0.1) is 6.92 Å². The Labute approximate surface area is 158 Å². The molecular formula is C18H16F2N2O4S. The van der Waals surface area contributed by atoms with Gasteiger partial charge in [0.05, 0.1) is 18.2 Å². The van der Waals surface area contributed by atoms with Crippen LogP contribution in [0.25, 0.3) is 10.8 Å². The van der Waals surface area contributed by atoms with Gasteiger partial charge in [0.1, 0.15) is 11.5 Å². The number of nitrogens with zero attached hydrogens (tertiary/aromatic N) is 2. The molecule has 2 heterocycles. The van der Waals surface area contributed by atoms with Crippen LogP contribution in [-0.2, 0) is 11.4 Å². The van der Waals surface area contributed by atoms with Crippen LogP contribution in [0.3, 0.4) is 0 Å². The van der Waals surface area contributed by atoms with Crippen LogP contribution >= 0.6 is 11.3 Å². The van der Waals surface area contributed by atoms with Gasteiger partial charge in [-0.15, -0.1) is 11.3 Å². The minimum atomic E-state index is -2.92. The predicted octanol–water partition coefficient (Wildman–Crippen LogP) is 4.87. The van der Waals surface area contributed by atoms with Gasteiger partial charge in [-0.25, -0.2) is 4.98 Å². The number of ether oxygens (including phenoxy) is 2. The summed E-state index contributed by atoms with van der Waals surface area (Å²) in [6.07, 6.45) is 1.43. The summed E-state index contributed by atoms with van der Waals surface area (Å²) in [4.78, 5) is 10.6. The fourth-order valence-electron chi connectivity index (χ4n) is 2.22. The number of hydrogen-bond acceptors (Lipinski definition) is 7. The van der Waals surface area contributed by atoms with Crippen LogP contribution in [0.2, 0.25) is 0 Å². The van der Waals surface area contributed by atoms with Crippen molar-refractivity contribution in [2.45, 2.75) is 20.1 Å². The normalized spacial score (nSPS) is 11.3. The van der Waals surface area contributed by atoms with E-state index in [2.05, 4.69) is 14.9 Å². The molecule has 27 heavy (non-hydrogen) atoms. The van der Waals surface area contributed by atoms with E-state index in [1.807, 2.05) is 17.5 Å². The molecule has 0 saturated heterocycles. The third-order valence-electron chi connectivity index (χ3n) is 3.51. The zero-order chi connectivity index (χ0) is 19.2. The lowest BCUT2D eigenvalue weighted by molar-refractivity contribution is -0.0512. The van der Waals surface area contributed by atoms with E-state index in [-0.39, 0.29) is 18.1 Å². The van der Waals surface area contributed by atoms with E-state index >= 15 is 0 Å². The Morgan fingerprint density at radius 3 is 2.85 bits per heavy atom. The van der Waals surface area contributed by atoms with E-state index in [4.69, 9.17) is 14.0 Å². The first-order chi connectivity index (χ1) is 13.1. The summed E-state index contributed by atoms with van der Waals surface area (Å²) in [5, 5.41) is 5.81. The molecule has 2 aromatic heterocycles. The molecule has 1 aromatic carbocycles. The summed E-state index contributed by atoms with van der Waals surface area (Å²) in [6, 6.07) is 8.30. The number of thiophene rings is 1. The lowest BCUT2D eigenvalue weighted by Crippen LogP contribution is -2.03. The molecule has 9 heteroatoms. The molecule has 0 unspecified atom stereocenters. The number of alkyl halides is 2. The number of hydrogen-bond donors (Lipinski definition) is 0. The number of oxime groups is 1. The first kappa shape index (κ1) is 18.8. The molecule has 0 amide bonds. The lowest BCUT2D eigenvalue weighted by Gasteiger charge is -2.09. The number of oxazole rings is 1. The SMILES string of the molecule is COc1cc(/C=N/OCc2nc(-c3cccs3)oc2C)ccc1OC(F)F. The minimum Gasteiger partial charge on any atom is -0.493 e. The van der Waals surface area contributed by atoms with Gasteiger partial charge < -0.3 is 18.7 Å². The quantitative estimate of drug-likeness (QED) is 0.403. The van der Waals surface area contributed by atoms with Crippen LogP contribution in [0.5, 0.6) is 11.5 Å². The molecule has 142 valence electrons. The van der Waals surface area contributed by atoms with E-state index in [1.165, 1.54) is 36.8 Å². The molecular weight excluding hydrogens is 378 g/mol. The largest absolute Gasteiger partial charge is 0.493 e. The fraction of sp³-hybridized carbons (Fsp3) is 0.222. The zero-order valence-corrected chi connectivity index (χ0v) is 15.3. The molecule has 0 bridgehead atoms. The summed E-state index contributed by atoms with van der Waals surface area (Å²) >= 11 is 1.54. The van der Waals surface area contributed by atoms with Gasteiger partial charge in [-0.3, -0.25) is 0 Å². The molecule has 6 nitrogen and oxygen atoms in total. The van der Waals surface area contributed by atoms with Crippen LogP contribution in [-0.4, -0.2) is 24.9 Å². The van der Waals surface area contributed by atoms with E-state index in [9.17, 15) is 8.78 Å². The van der Waals surface area contributed by atoms with Gasteiger partial charge in [0.15, 0.2) is 18.1 Å². The second kappa shape index (κ2) is 8.63. The third kappa shape index (κ3) is 4.82. The maximum absolute atomic E-state index is 12.3. The minimum absolute atomic E-state index is 0.0510. The predicted molar refractivity (Wildman–Crippen MR) is 96.6 cm³/mol. The topological polar surface area (TPSA) is 66.1 Å². The van der Waals surface area contributed by atoms with E-state index in [0.717, 1.165) is 4.88 Å². The summed E-state index contributed by atoms with van der Waals surface area (Å²) in [5.74, 6) is 1.32. The second-order valence-electron chi connectivity index (χ2n) is 5.30.